The molecule has 1 aromatic carbocycles. The number of amides is 1. The Kier molecular flexibility index (Phi) is 6.97. The van der Waals surface area contributed by atoms with Gasteiger partial charge in [0.15, 0.2) is 0 Å². The molecule has 1 aliphatic heterocycles. The number of carbonyl (C=O) groups excluding carboxylic acids is 1. The van der Waals surface area contributed by atoms with E-state index in [-0.39, 0.29) is 12.0 Å². The van der Waals surface area contributed by atoms with Gasteiger partial charge in [0.2, 0.25) is 5.91 Å². The Morgan fingerprint density at radius 2 is 2.09 bits per heavy atom. The Bertz CT molecular complexity index is 1320. The highest BCUT2D eigenvalue weighted by Gasteiger charge is 2.24. The first-order chi connectivity index (χ1) is 17.0. The molecule has 6 nitrogen and oxygen atoms in total. The first-order valence-corrected chi connectivity index (χ1v) is 13.2. The molecule has 5 rings (SSSR count). The first-order valence-electron chi connectivity index (χ1n) is 12.3. The molecule has 4 aromatic rings. The minimum Gasteiger partial charge on any atom is -0.376 e. The first kappa shape index (κ1) is 23.7. The molecule has 0 saturated carbocycles. The zero-order valence-corrected chi connectivity index (χ0v) is 21.5. The van der Waals surface area contributed by atoms with E-state index in [4.69, 9.17) is 9.72 Å². The fourth-order valence-electron chi connectivity index (χ4n) is 4.82. The highest BCUT2D eigenvalue weighted by molar-refractivity contribution is 7.13. The summed E-state index contributed by atoms with van der Waals surface area (Å²) in [5.74, 6) is 0.120. The van der Waals surface area contributed by atoms with Crippen LogP contribution in [0.15, 0.2) is 47.8 Å². The van der Waals surface area contributed by atoms with Crippen LogP contribution in [0.25, 0.3) is 21.5 Å². The molecule has 1 amide bonds. The molecule has 0 unspecified atom stereocenters. The topological polar surface area (TPSA) is 60.2 Å². The van der Waals surface area contributed by atoms with Crippen LogP contribution in [-0.4, -0.2) is 44.8 Å². The number of fused-ring (bicyclic) bond motifs is 1. The number of ether oxygens (including phenoxy) is 1. The minimum atomic E-state index is 0.0916. The second-order valence-electron chi connectivity index (χ2n) is 9.48. The lowest BCUT2D eigenvalue weighted by atomic mass is 10.1. The van der Waals surface area contributed by atoms with E-state index in [2.05, 4.69) is 53.8 Å². The van der Waals surface area contributed by atoms with Crippen molar-refractivity contribution in [3.8, 4) is 10.6 Å². The van der Waals surface area contributed by atoms with Crippen molar-refractivity contribution in [3.63, 3.8) is 0 Å². The molecule has 0 bridgehead atoms. The molecule has 7 heteroatoms. The van der Waals surface area contributed by atoms with Crippen molar-refractivity contribution >= 4 is 28.1 Å². The Labute approximate surface area is 210 Å². The lowest BCUT2D eigenvalue weighted by Crippen LogP contribution is -2.37. The van der Waals surface area contributed by atoms with E-state index in [1.165, 1.54) is 5.56 Å². The van der Waals surface area contributed by atoms with Gasteiger partial charge >= 0.3 is 0 Å². The van der Waals surface area contributed by atoms with Crippen LogP contribution in [0.1, 0.15) is 41.8 Å². The molecule has 35 heavy (non-hydrogen) atoms. The maximum atomic E-state index is 13.5. The van der Waals surface area contributed by atoms with Gasteiger partial charge in [0.1, 0.15) is 0 Å². The van der Waals surface area contributed by atoms with Gasteiger partial charge in [-0.15, -0.1) is 11.3 Å². The van der Waals surface area contributed by atoms with Gasteiger partial charge < -0.3 is 9.64 Å². The zero-order chi connectivity index (χ0) is 24.4. The van der Waals surface area contributed by atoms with Gasteiger partial charge in [-0.25, -0.2) is 4.98 Å². The number of nitrogens with zero attached hydrogens (tertiary/aromatic N) is 4. The Morgan fingerprint density at radius 1 is 1.20 bits per heavy atom. The molecule has 3 aromatic heterocycles. The Hall–Kier alpha value is -3.03. The van der Waals surface area contributed by atoms with Gasteiger partial charge in [0.25, 0.3) is 0 Å². The SMILES string of the molecule is Cc1ccc2cc(CN(C[C@@H]3CCCO3)C(=O)CCn3nc(C)cc3C)c(-c3cccs3)nc2c1. The van der Waals surface area contributed by atoms with Crippen molar-refractivity contribution < 1.29 is 9.53 Å². The van der Waals surface area contributed by atoms with E-state index in [1.54, 1.807) is 11.3 Å². The molecule has 1 atom stereocenters. The summed E-state index contributed by atoms with van der Waals surface area (Å²) in [4.78, 5) is 21.7. The van der Waals surface area contributed by atoms with Crippen molar-refractivity contribution in [1.29, 1.82) is 0 Å². The Morgan fingerprint density at radius 3 is 2.80 bits per heavy atom. The monoisotopic (exact) mass is 488 g/mol. The number of hydrogen-bond donors (Lipinski definition) is 0. The third-order valence-electron chi connectivity index (χ3n) is 6.61. The molecule has 182 valence electrons. The maximum absolute atomic E-state index is 13.5. The highest BCUT2D eigenvalue weighted by Crippen LogP contribution is 2.31. The number of aryl methyl sites for hydroxylation is 4. The largest absolute Gasteiger partial charge is 0.376 e. The normalized spacial score (nSPS) is 15.7. The van der Waals surface area contributed by atoms with Crippen LogP contribution in [0.4, 0.5) is 0 Å². The molecule has 1 fully saturated rings. The lowest BCUT2D eigenvalue weighted by molar-refractivity contribution is -0.133. The summed E-state index contributed by atoms with van der Waals surface area (Å²) in [5, 5.41) is 7.70. The number of pyridine rings is 1. The number of benzene rings is 1. The van der Waals surface area contributed by atoms with Crippen LogP contribution in [0.3, 0.4) is 0 Å². The second-order valence-corrected chi connectivity index (χ2v) is 10.4. The molecule has 1 aliphatic rings. The molecule has 1 saturated heterocycles. The summed E-state index contributed by atoms with van der Waals surface area (Å²) in [5.41, 5.74) is 6.26. The quantitative estimate of drug-likeness (QED) is 0.320. The summed E-state index contributed by atoms with van der Waals surface area (Å²) >= 11 is 1.68. The van der Waals surface area contributed by atoms with E-state index >= 15 is 0 Å². The predicted octanol–water partition coefficient (Wildman–Crippen LogP) is 5.68. The van der Waals surface area contributed by atoms with Crippen molar-refractivity contribution in [2.24, 2.45) is 0 Å². The average molecular weight is 489 g/mol. The van der Waals surface area contributed by atoms with Gasteiger partial charge in [-0.1, -0.05) is 18.2 Å². The summed E-state index contributed by atoms with van der Waals surface area (Å²) in [6, 6.07) is 14.8. The van der Waals surface area contributed by atoms with E-state index in [9.17, 15) is 4.79 Å². The molecular weight excluding hydrogens is 456 g/mol. The van der Waals surface area contributed by atoms with Crippen LogP contribution in [0, 0.1) is 20.8 Å². The van der Waals surface area contributed by atoms with Gasteiger partial charge in [0, 0.05) is 43.7 Å². The molecule has 0 N–H and O–H groups in total. The van der Waals surface area contributed by atoms with Crippen LogP contribution in [0.5, 0.6) is 0 Å². The smallest absolute Gasteiger partial charge is 0.224 e. The second kappa shape index (κ2) is 10.3. The molecule has 0 spiro atoms. The highest BCUT2D eigenvalue weighted by atomic mass is 32.1. The molecular formula is C28H32N4O2S. The number of rotatable bonds is 8. The van der Waals surface area contributed by atoms with Crippen molar-refractivity contribution in [3.05, 3.63) is 70.4 Å². The number of carbonyl (C=O) groups is 1. The van der Waals surface area contributed by atoms with Crippen molar-refractivity contribution in [2.45, 2.75) is 59.2 Å². The molecule has 4 heterocycles. The van der Waals surface area contributed by atoms with Crippen molar-refractivity contribution in [2.75, 3.05) is 13.2 Å². The van der Waals surface area contributed by atoms with Crippen LogP contribution >= 0.6 is 11.3 Å². The van der Waals surface area contributed by atoms with Crippen molar-refractivity contribution in [1.82, 2.24) is 19.7 Å². The fraction of sp³-hybridized carbons (Fsp3) is 0.393. The predicted molar refractivity (Wildman–Crippen MR) is 141 cm³/mol. The number of hydrogen-bond acceptors (Lipinski definition) is 5. The lowest BCUT2D eigenvalue weighted by Gasteiger charge is -2.27. The average Bonchev–Trinajstić information content (AvgIpc) is 3.60. The van der Waals surface area contributed by atoms with E-state index in [0.717, 1.165) is 57.9 Å². The van der Waals surface area contributed by atoms with Gasteiger partial charge in [0.05, 0.1) is 27.9 Å². The van der Waals surface area contributed by atoms with Crippen LogP contribution in [-0.2, 0) is 22.6 Å². The van der Waals surface area contributed by atoms with E-state index in [0.29, 0.717) is 26.1 Å². The van der Waals surface area contributed by atoms with Crippen LogP contribution in [0.2, 0.25) is 0 Å². The van der Waals surface area contributed by atoms with Crippen LogP contribution < -0.4 is 0 Å². The van der Waals surface area contributed by atoms with Gasteiger partial charge in [-0.2, -0.15) is 5.10 Å². The molecule has 0 radical (unpaired) electrons. The van der Waals surface area contributed by atoms with Gasteiger partial charge in [-0.05, 0) is 74.4 Å². The number of thiophene rings is 1. The Balaban J connectivity index is 1.45. The number of aromatic nitrogens is 3. The summed E-state index contributed by atoms with van der Waals surface area (Å²) in [6.07, 6.45) is 2.54. The van der Waals surface area contributed by atoms with E-state index < -0.39 is 0 Å². The standard InChI is InChI=1S/C28H32N4O2S/c1-19-8-9-22-16-23(28(29-25(22)14-19)26-7-5-13-35-26)17-31(18-24-6-4-12-34-24)27(33)10-11-32-21(3)15-20(2)30-32/h5,7-9,13-16,24H,4,6,10-12,17-18H2,1-3H3/t24-/m0/s1. The summed E-state index contributed by atoms with van der Waals surface area (Å²) in [7, 11) is 0. The fourth-order valence-corrected chi connectivity index (χ4v) is 5.57. The maximum Gasteiger partial charge on any atom is 0.224 e. The van der Waals surface area contributed by atoms with E-state index in [1.807, 2.05) is 29.5 Å². The third kappa shape index (κ3) is 5.46. The minimum absolute atomic E-state index is 0.0916. The summed E-state index contributed by atoms with van der Waals surface area (Å²) in [6.45, 7) is 8.57. The third-order valence-corrected chi connectivity index (χ3v) is 7.49. The summed E-state index contributed by atoms with van der Waals surface area (Å²) < 4.78 is 7.84. The molecule has 0 aliphatic carbocycles. The van der Waals surface area contributed by atoms with Gasteiger partial charge in [-0.3, -0.25) is 9.48 Å². The zero-order valence-electron chi connectivity index (χ0n) is 20.7.